The smallest absolute Gasteiger partial charge is 0.220 e. The number of aromatic amines is 1. The van der Waals surface area contributed by atoms with Gasteiger partial charge in [0, 0.05) is 25.2 Å². The van der Waals surface area contributed by atoms with Gasteiger partial charge < -0.3 is 10.3 Å². The van der Waals surface area contributed by atoms with E-state index >= 15 is 0 Å². The molecule has 1 unspecified atom stereocenters. The van der Waals surface area contributed by atoms with Crippen LogP contribution >= 0.6 is 12.2 Å². The quantitative estimate of drug-likeness (QED) is 0.809. The van der Waals surface area contributed by atoms with Crippen LogP contribution in [0.15, 0.2) is 12.3 Å². The second-order valence-corrected chi connectivity index (χ2v) is 5.06. The second kappa shape index (κ2) is 4.20. The number of carbonyl (C=O) groups excluding carboxylic acids is 1. The van der Waals surface area contributed by atoms with Crippen LogP contribution in [0.1, 0.15) is 18.4 Å². The van der Waals surface area contributed by atoms with Gasteiger partial charge in [0.15, 0.2) is 10.4 Å². The largest absolute Gasteiger partial charge is 0.352 e. The molecule has 18 heavy (non-hydrogen) atoms. The first-order valence-corrected chi connectivity index (χ1v) is 6.39. The van der Waals surface area contributed by atoms with Crippen molar-refractivity contribution < 1.29 is 4.79 Å². The van der Waals surface area contributed by atoms with Crippen molar-refractivity contribution in [2.75, 3.05) is 0 Å². The van der Waals surface area contributed by atoms with Gasteiger partial charge in [-0.25, -0.2) is 4.98 Å². The predicted octanol–water partition coefficient (Wildman–Crippen LogP) is 1.68. The van der Waals surface area contributed by atoms with E-state index in [2.05, 4.69) is 15.3 Å². The Kier molecular flexibility index (Phi) is 2.66. The van der Waals surface area contributed by atoms with Crippen molar-refractivity contribution in [1.29, 1.82) is 0 Å². The third kappa shape index (κ3) is 1.82. The Labute approximate surface area is 109 Å². The van der Waals surface area contributed by atoms with E-state index < -0.39 is 0 Å². The van der Waals surface area contributed by atoms with E-state index in [-0.39, 0.29) is 11.9 Å². The van der Waals surface area contributed by atoms with Gasteiger partial charge in [-0.1, -0.05) is 0 Å². The molecule has 1 amide bonds. The lowest BCUT2D eigenvalue weighted by Crippen LogP contribution is -2.29. The summed E-state index contributed by atoms with van der Waals surface area (Å²) >= 11 is 5.33. The Morgan fingerprint density at radius 1 is 1.61 bits per heavy atom. The zero-order valence-corrected chi connectivity index (χ0v) is 10.9. The predicted molar refractivity (Wildman–Crippen MR) is 70.8 cm³/mol. The number of pyridine rings is 1. The highest BCUT2D eigenvalue weighted by Crippen LogP contribution is 2.17. The van der Waals surface area contributed by atoms with Crippen molar-refractivity contribution in [2.24, 2.45) is 0 Å². The summed E-state index contributed by atoms with van der Waals surface area (Å²) < 4.78 is 2.63. The number of H-pyrrole nitrogens is 1. The van der Waals surface area contributed by atoms with Gasteiger partial charge in [-0.15, -0.1) is 0 Å². The van der Waals surface area contributed by atoms with Crippen LogP contribution in [0.3, 0.4) is 0 Å². The van der Waals surface area contributed by atoms with Gasteiger partial charge in [-0.05, 0) is 37.2 Å². The number of fused-ring (bicyclic) bond motifs is 1. The van der Waals surface area contributed by atoms with Crippen molar-refractivity contribution >= 4 is 29.3 Å². The Bertz CT molecular complexity index is 672. The lowest BCUT2D eigenvalue weighted by atomic mass is 10.2. The number of hydrogen-bond donors (Lipinski definition) is 2. The van der Waals surface area contributed by atoms with Crippen molar-refractivity contribution in [3.8, 4) is 0 Å². The summed E-state index contributed by atoms with van der Waals surface area (Å²) in [5, 5.41) is 2.95. The molecule has 0 bridgehead atoms. The van der Waals surface area contributed by atoms with Gasteiger partial charge in [0.25, 0.3) is 0 Å². The van der Waals surface area contributed by atoms with Crippen LogP contribution < -0.4 is 5.32 Å². The third-order valence-corrected chi connectivity index (χ3v) is 3.68. The fourth-order valence-electron chi connectivity index (χ4n) is 2.38. The number of carbonyl (C=O) groups is 1. The highest BCUT2D eigenvalue weighted by atomic mass is 32.1. The molecule has 94 valence electrons. The average molecular weight is 262 g/mol. The summed E-state index contributed by atoms with van der Waals surface area (Å²) in [6, 6.07) is 2.11. The molecular formula is C12H14N4OS. The van der Waals surface area contributed by atoms with E-state index in [9.17, 15) is 4.79 Å². The third-order valence-electron chi connectivity index (χ3n) is 3.36. The molecule has 0 saturated carbocycles. The maximum Gasteiger partial charge on any atom is 0.220 e. The summed E-state index contributed by atoms with van der Waals surface area (Å²) in [6.07, 6.45) is 3.25. The van der Waals surface area contributed by atoms with Crippen molar-refractivity contribution in [3.05, 3.63) is 22.6 Å². The Morgan fingerprint density at radius 2 is 2.44 bits per heavy atom. The van der Waals surface area contributed by atoms with Gasteiger partial charge >= 0.3 is 0 Å². The molecule has 0 spiro atoms. The number of hydrogen-bond acceptors (Lipinski definition) is 3. The van der Waals surface area contributed by atoms with Crippen molar-refractivity contribution in [1.82, 2.24) is 19.9 Å². The highest BCUT2D eigenvalue weighted by Gasteiger charge is 2.22. The zero-order chi connectivity index (χ0) is 12.7. The molecule has 2 N–H and O–H groups in total. The Balaban J connectivity index is 2.01. The molecule has 2 aromatic heterocycles. The number of aryl methyl sites for hydroxylation is 1. The Hall–Kier alpha value is -1.69. The number of nitrogens with one attached hydrogen (secondary N) is 2. The maximum absolute atomic E-state index is 11.2. The number of aromatic nitrogens is 3. The lowest BCUT2D eigenvalue weighted by molar-refractivity contribution is -0.119. The standard InChI is InChI=1S/C12H14N4OS/c1-7-4-5-13-11-10(7)15-12(18)16(11)6-8-2-3-9(17)14-8/h4-5,8H,2-3,6H2,1H3,(H,14,17)(H,15,18). The average Bonchev–Trinajstić information content (AvgIpc) is 2.87. The lowest BCUT2D eigenvalue weighted by Gasteiger charge is -2.11. The summed E-state index contributed by atoms with van der Waals surface area (Å²) in [5.74, 6) is 0.121. The van der Waals surface area contributed by atoms with Crippen LogP contribution in [-0.2, 0) is 11.3 Å². The van der Waals surface area contributed by atoms with Crippen LogP contribution in [0.2, 0.25) is 0 Å². The van der Waals surface area contributed by atoms with E-state index in [1.165, 1.54) is 0 Å². The number of rotatable bonds is 2. The minimum atomic E-state index is 0.121. The summed E-state index contributed by atoms with van der Waals surface area (Å²) in [5.41, 5.74) is 2.97. The summed E-state index contributed by atoms with van der Waals surface area (Å²) in [7, 11) is 0. The monoisotopic (exact) mass is 262 g/mol. The fourth-order valence-corrected chi connectivity index (χ4v) is 2.64. The molecule has 0 radical (unpaired) electrons. The number of imidazole rings is 1. The molecule has 6 heteroatoms. The van der Waals surface area contributed by atoms with Crippen LogP contribution in [0.4, 0.5) is 0 Å². The van der Waals surface area contributed by atoms with Crippen molar-refractivity contribution in [3.63, 3.8) is 0 Å². The first-order chi connectivity index (χ1) is 8.65. The van der Waals surface area contributed by atoms with Gasteiger partial charge in [-0.2, -0.15) is 0 Å². The van der Waals surface area contributed by atoms with E-state index in [1.807, 2.05) is 17.6 Å². The van der Waals surface area contributed by atoms with Gasteiger partial charge in [0.05, 0.1) is 5.52 Å². The van der Waals surface area contributed by atoms with Gasteiger partial charge in [0.2, 0.25) is 5.91 Å². The van der Waals surface area contributed by atoms with E-state index in [0.29, 0.717) is 17.7 Å². The molecule has 0 aromatic carbocycles. The SMILES string of the molecule is Cc1ccnc2c1[nH]c(=S)n2CC1CCC(=O)N1. The highest BCUT2D eigenvalue weighted by molar-refractivity contribution is 7.71. The molecule has 3 rings (SSSR count). The van der Waals surface area contributed by atoms with Crippen LogP contribution in [0.5, 0.6) is 0 Å². The molecule has 1 aliphatic rings. The van der Waals surface area contributed by atoms with Gasteiger partial charge in [-0.3, -0.25) is 9.36 Å². The molecule has 1 saturated heterocycles. The van der Waals surface area contributed by atoms with Gasteiger partial charge in [0.1, 0.15) is 0 Å². The molecule has 0 aliphatic carbocycles. The minimum absolute atomic E-state index is 0.121. The normalized spacial score (nSPS) is 19.4. The molecule has 1 aliphatic heterocycles. The molecule has 3 heterocycles. The van der Waals surface area contributed by atoms with E-state index in [4.69, 9.17) is 12.2 Å². The zero-order valence-electron chi connectivity index (χ0n) is 10.1. The fraction of sp³-hybridized carbons (Fsp3) is 0.417. The molecule has 1 fully saturated rings. The topological polar surface area (TPSA) is 62.7 Å². The van der Waals surface area contributed by atoms with E-state index in [0.717, 1.165) is 23.1 Å². The molecule has 1 atom stereocenters. The summed E-state index contributed by atoms with van der Waals surface area (Å²) in [6.45, 7) is 2.71. The molecule has 2 aromatic rings. The minimum Gasteiger partial charge on any atom is -0.352 e. The number of nitrogens with zero attached hydrogens (tertiary/aromatic N) is 2. The number of amides is 1. The first-order valence-electron chi connectivity index (χ1n) is 5.98. The van der Waals surface area contributed by atoms with Crippen LogP contribution in [-0.4, -0.2) is 26.5 Å². The van der Waals surface area contributed by atoms with Crippen LogP contribution in [0.25, 0.3) is 11.2 Å². The first kappa shape index (κ1) is 11.4. The van der Waals surface area contributed by atoms with Crippen LogP contribution in [0, 0.1) is 11.7 Å². The summed E-state index contributed by atoms with van der Waals surface area (Å²) in [4.78, 5) is 18.8. The Morgan fingerprint density at radius 3 is 3.17 bits per heavy atom. The maximum atomic E-state index is 11.2. The molecule has 5 nitrogen and oxygen atoms in total. The van der Waals surface area contributed by atoms with E-state index in [1.54, 1.807) is 6.20 Å². The second-order valence-electron chi connectivity index (χ2n) is 4.67. The van der Waals surface area contributed by atoms with Crippen molar-refractivity contribution in [2.45, 2.75) is 32.4 Å². The molecular weight excluding hydrogens is 248 g/mol.